The number of fused-ring (bicyclic) bond motifs is 1. The smallest absolute Gasteiger partial charge is 0.254 e. The van der Waals surface area contributed by atoms with Crippen molar-refractivity contribution < 1.29 is 13.6 Å². The molecule has 2 aromatic rings. The Morgan fingerprint density at radius 2 is 2.25 bits per heavy atom. The minimum atomic E-state index is -1.26. The zero-order chi connectivity index (χ0) is 14.1. The largest absolute Gasteiger partial charge is 0.347 e. The Labute approximate surface area is 118 Å². The molecule has 0 fully saturated rings. The molecule has 0 aliphatic heterocycles. The van der Waals surface area contributed by atoms with Crippen molar-refractivity contribution in [1.29, 1.82) is 0 Å². The highest BCUT2D eigenvalue weighted by Crippen LogP contribution is 2.30. The van der Waals surface area contributed by atoms with Gasteiger partial charge in [-0.2, -0.15) is 4.39 Å². The van der Waals surface area contributed by atoms with E-state index in [2.05, 4.69) is 16.4 Å². The molecule has 0 saturated carbocycles. The Balaban J connectivity index is 1.68. The van der Waals surface area contributed by atoms with Gasteiger partial charge in [-0.3, -0.25) is 4.79 Å². The zero-order valence-corrected chi connectivity index (χ0v) is 11.4. The molecule has 3 nitrogen and oxygen atoms in total. The van der Waals surface area contributed by atoms with E-state index < -0.39 is 17.7 Å². The Bertz CT molecular complexity index is 648. The van der Waals surface area contributed by atoms with Crippen LogP contribution in [0.3, 0.4) is 0 Å². The fraction of sp³-hybridized carbons (Fsp3) is 0.286. The summed E-state index contributed by atoms with van der Waals surface area (Å²) < 4.78 is 26.4. The minimum absolute atomic E-state index is 0.318. The number of nitrogens with one attached hydrogen (secondary N) is 1. The van der Waals surface area contributed by atoms with E-state index >= 15 is 0 Å². The predicted molar refractivity (Wildman–Crippen MR) is 71.7 cm³/mol. The van der Waals surface area contributed by atoms with Gasteiger partial charge in [-0.05, 0) is 37.0 Å². The molecule has 20 heavy (non-hydrogen) atoms. The van der Waals surface area contributed by atoms with Crippen LogP contribution in [0.2, 0.25) is 0 Å². The van der Waals surface area contributed by atoms with Gasteiger partial charge in [0, 0.05) is 16.0 Å². The molecule has 2 heterocycles. The Morgan fingerprint density at radius 3 is 3.05 bits per heavy atom. The molecule has 1 amide bonds. The Hall–Kier alpha value is -1.82. The molecule has 0 aromatic carbocycles. The maximum Gasteiger partial charge on any atom is 0.254 e. The van der Waals surface area contributed by atoms with Gasteiger partial charge < -0.3 is 5.32 Å². The van der Waals surface area contributed by atoms with E-state index in [1.54, 1.807) is 11.3 Å². The number of thiophene rings is 1. The van der Waals surface area contributed by atoms with Gasteiger partial charge in [0.1, 0.15) is 0 Å². The first-order valence-corrected chi connectivity index (χ1v) is 7.15. The van der Waals surface area contributed by atoms with Gasteiger partial charge in [-0.1, -0.05) is 0 Å². The maximum absolute atomic E-state index is 13.4. The van der Waals surface area contributed by atoms with Crippen molar-refractivity contribution in [2.24, 2.45) is 0 Å². The highest BCUT2D eigenvalue weighted by Gasteiger charge is 2.18. The second-order valence-corrected chi connectivity index (χ2v) is 5.88. The van der Waals surface area contributed by atoms with Gasteiger partial charge in [0.05, 0.1) is 12.1 Å². The summed E-state index contributed by atoms with van der Waals surface area (Å²) in [7, 11) is 0. The topological polar surface area (TPSA) is 42.0 Å². The van der Waals surface area contributed by atoms with Crippen molar-refractivity contribution >= 4 is 17.2 Å². The normalized spacial score (nSPS) is 13.3. The summed E-state index contributed by atoms with van der Waals surface area (Å²) in [5.74, 6) is -3.09. The molecule has 0 atom stereocenters. The SMILES string of the molecule is O=C(NCc1cc2c(s1)CCC2)c1ccnc(F)c1F. The summed E-state index contributed by atoms with van der Waals surface area (Å²) >= 11 is 1.67. The highest BCUT2D eigenvalue weighted by atomic mass is 32.1. The number of hydrogen-bond acceptors (Lipinski definition) is 3. The van der Waals surface area contributed by atoms with Crippen LogP contribution < -0.4 is 5.32 Å². The van der Waals surface area contributed by atoms with E-state index in [1.807, 2.05) is 0 Å². The van der Waals surface area contributed by atoms with Gasteiger partial charge in [0.2, 0.25) is 5.95 Å². The summed E-state index contributed by atoms with van der Waals surface area (Å²) in [4.78, 5) is 17.4. The first-order valence-electron chi connectivity index (χ1n) is 6.34. The molecule has 0 bridgehead atoms. The second-order valence-electron chi connectivity index (χ2n) is 4.66. The van der Waals surface area contributed by atoms with E-state index in [1.165, 1.54) is 22.9 Å². The molecule has 0 radical (unpaired) electrons. The molecular formula is C14H12F2N2OS. The Morgan fingerprint density at radius 1 is 1.40 bits per heavy atom. The molecule has 1 aliphatic rings. The lowest BCUT2D eigenvalue weighted by Crippen LogP contribution is -2.24. The third-order valence-corrected chi connectivity index (χ3v) is 4.55. The van der Waals surface area contributed by atoms with E-state index in [9.17, 15) is 13.6 Å². The number of halogens is 2. The molecular weight excluding hydrogens is 282 g/mol. The fourth-order valence-corrected chi connectivity index (χ4v) is 3.53. The molecule has 1 aliphatic carbocycles. The fourth-order valence-electron chi connectivity index (χ4n) is 2.33. The number of carbonyl (C=O) groups is 1. The molecule has 0 saturated heterocycles. The molecule has 0 spiro atoms. The van der Waals surface area contributed by atoms with E-state index in [0.717, 1.165) is 23.9 Å². The average Bonchev–Trinajstić information content (AvgIpc) is 3.00. The molecule has 3 rings (SSSR count). The van der Waals surface area contributed by atoms with Crippen LogP contribution in [-0.2, 0) is 19.4 Å². The molecule has 0 unspecified atom stereocenters. The van der Waals surface area contributed by atoms with E-state index in [4.69, 9.17) is 0 Å². The third-order valence-electron chi connectivity index (χ3n) is 3.31. The number of aryl methyl sites for hydroxylation is 2. The van der Waals surface area contributed by atoms with Crippen molar-refractivity contribution in [1.82, 2.24) is 10.3 Å². The number of carbonyl (C=O) groups excluding carboxylic acids is 1. The van der Waals surface area contributed by atoms with Crippen LogP contribution in [0.1, 0.15) is 32.1 Å². The van der Waals surface area contributed by atoms with Crippen LogP contribution in [0.4, 0.5) is 8.78 Å². The summed E-state index contributed by atoms with van der Waals surface area (Å²) in [6.45, 7) is 0.333. The standard InChI is InChI=1S/C14H12F2N2OS/c15-12-10(4-5-17-13(12)16)14(19)18-7-9-6-8-2-1-3-11(8)20-9/h4-6H,1-3,7H2,(H,18,19). The number of pyridine rings is 1. The average molecular weight is 294 g/mol. The number of hydrogen-bond donors (Lipinski definition) is 1. The van der Waals surface area contributed by atoms with Crippen LogP contribution in [0.15, 0.2) is 18.3 Å². The third kappa shape index (κ3) is 2.43. The summed E-state index contributed by atoms with van der Waals surface area (Å²) in [5, 5.41) is 2.61. The van der Waals surface area contributed by atoms with Gasteiger partial charge in [0.25, 0.3) is 5.91 Å². The van der Waals surface area contributed by atoms with Crippen LogP contribution in [0.25, 0.3) is 0 Å². The van der Waals surface area contributed by atoms with Crippen LogP contribution in [0.5, 0.6) is 0 Å². The molecule has 1 N–H and O–H groups in total. The lowest BCUT2D eigenvalue weighted by atomic mass is 10.2. The van der Waals surface area contributed by atoms with Crippen LogP contribution in [-0.4, -0.2) is 10.9 Å². The zero-order valence-electron chi connectivity index (χ0n) is 10.6. The highest BCUT2D eigenvalue weighted by molar-refractivity contribution is 7.12. The number of aromatic nitrogens is 1. The van der Waals surface area contributed by atoms with E-state index in [0.29, 0.717) is 6.54 Å². The van der Waals surface area contributed by atoms with Crippen molar-refractivity contribution in [3.63, 3.8) is 0 Å². The van der Waals surface area contributed by atoms with Crippen molar-refractivity contribution in [3.05, 3.63) is 51.0 Å². The Kier molecular flexibility index (Phi) is 3.48. The monoisotopic (exact) mass is 294 g/mol. The quantitative estimate of drug-likeness (QED) is 0.885. The maximum atomic E-state index is 13.4. The molecule has 2 aromatic heterocycles. The van der Waals surface area contributed by atoms with Crippen molar-refractivity contribution in [2.45, 2.75) is 25.8 Å². The number of amides is 1. The first kappa shape index (κ1) is 13.2. The first-order chi connectivity index (χ1) is 9.65. The molecule has 6 heteroatoms. The molecule has 104 valence electrons. The van der Waals surface area contributed by atoms with Crippen molar-refractivity contribution in [2.75, 3.05) is 0 Å². The predicted octanol–water partition coefficient (Wildman–Crippen LogP) is 2.84. The number of nitrogens with zero attached hydrogens (tertiary/aromatic N) is 1. The van der Waals surface area contributed by atoms with Gasteiger partial charge in [0.15, 0.2) is 5.82 Å². The van der Waals surface area contributed by atoms with E-state index in [-0.39, 0.29) is 5.56 Å². The number of rotatable bonds is 3. The van der Waals surface area contributed by atoms with Gasteiger partial charge in [-0.25, -0.2) is 9.37 Å². The van der Waals surface area contributed by atoms with Crippen LogP contribution in [0, 0.1) is 11.8 Å². The van der Waals surface area contributed by atoms with Crippen molar-refractivity contribution in [3.8, 4) is 0 Å². The lowest BCUT2D eigenvalue weighted by molar-refractivity contribution is 0.0946. The minimum Gasteiger partial charge on any atom is -0.347 e. The summed E-state index contributed by atoms with van der Waals surface area (Å²) in [6.07, 6.45) is 4.45. The van der Waals surface area contributed by atoms with Gasteiger partial charge >= 0.3 is 0 Å². The summed E-state index contributed by atoms with van der Waals surface area (Å²) in [5.41, 5.74) is 1.03. The second kappa shape index (κ2) is 5.28. The lowest BCUT2D eigenvalue weighted by Gasteiger charge is -2.04. The van der Waals surface area contributed by atoms with Crippen LogP contribution >= 0.6 is 11.3 Å². The van der Waals surface area contributed by atoms with Gasteiger partial charge in [-0.15, -0.1) is 11.3 Å². The summed E-state index contributed by atoms with van der Waals surface area (Å²) in [6, 6.07) is 3.25.